The van der Waals surface area contributed by atoms with E-state index in [1.807, 2.05) is 0 Å². The Morgan fingerprint density at radius 3 is 2.48 bits per heavy atom. The number of aryl methyl sites for hydroxylation is 2. The molecule has 0 aliphatic heterocycles. The van der Waals surface area contributed by atoms with Crippen LogP contribution < -0.4 is 10.9 Å². The van der Waals surface area contributed by atoms with Crippen molar-refractivity contribution < 1.29 is 18.4 Å². The van der Waals surface area contributed by atoms with Gasteiger partial charge in [0.2, 0.25) is 5.91 Å². The quantitative estimate of drug-likeness (QED) is 0.847. The van der Waals surface area contributed by atoms with Crippen molar-refractivity contribution >= 4 is 11.8 Å². The Balaban J connectivity index is 1.76. The molecule has 0 unspecified atom stereocenters. The van der Waals surface area contributed by atoms with Gasteiger partial charge < -0.3 is 4.42 Å². The average molecular weight is 290 g/mol. The molecule has 21 heavy (non-hydrogen) atoms. The second-order valence-corrected chi connectivity index (χ2v) is 4.52. The molecule has 0 saturated carbocycles. The van der Waals surface area contributed by atoms with E-state index in [1.54, 1.807) is 19.1 Å². The number of halogens is 1. The Morgan fingerprint density at radius 1 is 1.14 bits per heavy atom. The van der Waals surface area contributed by atoms with Crippen molar-refractivity contribution in [2.24, 2.45) is 0 Å². The van der Waals surface area contributed by atoms with Crippen molar-refractivity contribution in [2.75, 3.05) is 0 Å². The van der Waals surface area contributed by atoms with Gasteiger partial charge in [0.15, 0.2) is 0 Å². The third-order valence-electron chi connectivity index (χ3n) is 2.97. The van der Waals surface area contributed by atoms with Gasteiger partial charge in [-0.3, -0.25) is 20.4 Å². The first-order valence-corrected chi connectivity index (χ1v) is 6.44. The molecule has 110 valence electrons. The van der Waals surface area contributed by atoms with E-state index in [4.69, 9.17) is 4.42 Å². The van der Waals surface area contributed by atoms with Crippen LogP contribution in [0.4, 0.5) is 4.39 Å². The number of hydrazine groups is 1. The molecule has 0 radical (unpaired) electrons. The molecule has 2 N–H and O–H groups in total. The first kappa shape index (κ1) is 14.8. The van der Waals surface area contributed by atoms with Crippen molar-refractivity contribution in [3.8, 4) is 0 Å². The second-order valence-electron chi connectivity index (χ2n) is 4.52. The third-order valence-corrected chi connectivity index (χ3v) is 2.97. The van der Waals surface area contributed by atoms with Crippen LogP contribution in [0.25, 0.3) is 0 Å². The monoisotopic (exact) mass is 290 g/mol. The molecule has 0 saturated heterocycles. The van der Waals surface area contributed by atoms with E-state index in [-0.39, 0.29) is 18.1 Å². The molecular weight excluding hydrogens is 275 g/mol. The predicted molar refractivity (Wildman–Crippen MR) is 73.8 cm³/mol. The van der Waals surface area contributed by atoms with Crippen LogP contribution in [0, 0.1) is 12.7 Å². The molecule has 0 atom stereocenters. The van der Waals surface area contributed by atoms with Crippen LogP contribution >= 0.6 is 0 Å². The predicted octanol–water partition coefficient (Wildman–Crippen LogP) is 2.12. The Labute approximate surface area is 121 Å². The van der Waals surface area contributed by atoms with Crippen molar-refractivity contribution in [3.05, 3.63) is 59.3 Å². The topological polar surface area (TPSA) is 71.3 Å². The minimum Gasteiger partial charge on any atom is -0.469 e. The summed E-state index contributed by atoms with van der Waals surface area (Å²) < 4.78 is 17.7. The number of nitrogens with one attached hydrogen (secondary N) is 2. The van der Waals surface area contributed by atoms with E-state index in [2.05, 4.69) is 10.9 Å². The standard InChI is InChI=1S/C15H15FN2O3/c1-10-13(8-9-21-10)15(20)18-17-14(19)7-4-11-2-5-12(16)6-3-11/h2-3,5-6,8-9H,4,7H2,1H3,(H,17,19)(H,18,20). The molecule has 0 aliphatic rings. The van der Waals surface area contributed by atoms with Gasteiger partial charge in [0.05, 0.1) is 11.8 Å². The Hall–Kier alpha value is -2.63. The van der Waals surface area contributed by atoms with E-state index >= 15 is 0 Å². The van der Waals surface area contributed by atoms with Gasteiger partial charge in [0, 0.05) is 6.42 Å². The number of hydrogen-bond acceptors (Lipinski definition) is 3. The molecule has 2 rings (SSSR count). The Kier molecular flexibility index (Phi) is 4.71. The van der Waals surface area contributed by atoms with E-state index in [1.165, 1.54) is 24.5 Å². The van der Waals surface area contributed by atoms with Gasteiger partial charge in [-0.05, 0) is 37.1 Å². The number of carbonyl (C=O) groups is 2. The van der Waals surface area contributed by atoms with Gasteiger partial charge in [-0.2, -0.15) is 0 Å². The van der Waals surface area contributed by atoms with Crippen LogP contribution in [0.1, 0.15) is 28.1 Å². The third kappa shape index (κ3) is 4.17. The number of rotatable bonds is 4. The molecule has 2 aromatic rings. The van der Waals surface area contributed by atoms with Crippen LogP contribution in [-0.2, 0) is 11.2 Å². The molecule has 1 aromatic heterocycles. The molecule has 1 heterocycles. The lowest BCUT2D eigenvalue weighted by Crippen LogP contribution is -2.41. The summed E-state index contributed by atoms with van der Waals surface area (Å²) in [5, 5.41) is 0. The van der Waals surface area contributed by atoms with Gasteiger partial charge in [-0.25, -0.2) is 4.39 Å². The van der Waals surface area contributed by atoms with Gasteiger partial charge in [0.25, 0.3) is 5.91 Å². The van der Waals surface area contributed by atoms with Crippen molar-refractivity contribution in [1.29, 1.82) is 0 Å². The summed E-state index contributed by atoms with van der Waals surface area (Å²) in [6.07, 6.45) is 2.06. The molecule has 0 bridgehead atoms. The minimum absolute atomic E-state index is 0.191. The highest BCUT2D eigenvalue weighted by molar-refractivity contribution is 5.96. The normalized spacial score (nSPS) is 10.2. The largest absolute Gasteiger partial charge is 0.469 e. The van der Waals surface area contributed by atoms with Crippen LogP contribution in [0.5, 0.6) is 0 Å². The zero-order valence-corrected chi connectivity index (χ0v) is 11.5. The first-order chi connectivity index (χ1) is 10.1. The summed E-state index contributed by atoms with van der Waals surface area (Å²) in [6.45, 7) is 1.66. The lowest BCUT2D eigenvalue weighted by atomic mass is 10.1. The van der Waals surface area contributed by atoms with Crippen LogP contribution in [0.15, 0.2) is 41.0 Å². The fourth-order valence-corrected chi connectivity index (χ4v) is 1.79. The molecule has 2 amide bonds. The van der Waals surface area contributed by atoms with E-state index in [0.29, 0.717) is 17.7 Å². The Morgan fingerprint density at radius 2 is 1.86 bits per heavy atom. The fourth-order valence-electron chi connectivity index (χ4n) is 1.79. The highest BCUT2D eigenvalue weighted by Gasteiger charge is 2.12. The van der Waals surface area contributed by atoms with E-state index < -0.39 is 5.91 Å². The summed E-state index contributed by atoms with van der Waals surface area (Å²) in [5.74, 6) is -0.593. The molecule has 0 aliphatic carbocycles. The maximum absolute atomic E-state index is 12.7. The van der Waals surface area contributed by atoms with E-state index in [9.17, 15) is 14.0 Å². The highest BCUT2D eigenvalue weighted by Crippen LogP contribution is 2.08. The van der Waals surface area contributed by atoms with Crippen LogP contribution in [0.3, 0.4) is 0 Å². The number of furan rings is 1. The van der Waals surface area contributed by atoms with Crippen LogP contribution in [0.2, 0.25) is 0 Å². The lowest BCUT2D eigenvalue weighted by Gasteiger charge is -2.06. The second kappa shape index (κ2) is 6.69. The SMILES string of the molecule is Cc1occc1C(=O)NNC(=O)CCc1ccc(F)cc1. The fraction of sp³-hybridized carbons (Fsp3) is 0.200. The number of hydrogen-bond donors (Lipinski definition) is 2. The lowest BCUT2D eigenvalue weighted by molar-refractivity contribution is -0.121. The maximum Gasteiger partial charge on any atom is 0.273 e. The average Bonchev–Trinajstić information content (AvgIpc) is 2.90. The molecule has 1 aromatic carbocycles. The van der Waals surface area contributed by atoms with Crippen molar-refractivity contribution in [1.82, 2.24) is 10.9 Å². The summed E-state index contributed by atoms with van der Waals surface area (Å²) >= 11 is 0. The zero-order chi connectivity index (χ0) is 15.2. The maximum atomic E-state index is 12.7. The molecule has 6 heteroatoms. The summed E-state index contributed by atoms with van der Waals surface area (Å²) in [6, 6.07) is 7.45. The first-order valence-electron chi connectivity index (χ1n) is 6.44. The molecular formula is C15H15FN2O3. The van der Waals surface area contributed by atoms with Crippen molar-refractivity contribution in [2.45, 2.75) is 19.8 Å². The zero-order valence-electron chi connectivity index (χ0n) is 11.5. The number of carbonyl (C=O) groups excluding carboxylic acids is 2. The van der Waals surface area contributed by atoms with Gasteiger partial charge in [-0.1, -0.05) is 12.1 Å². The number of benzene rings is 1. The van der Waals surface area contributed by atoms with Gasteiger partial charge in [-0.15, -0.1) is 0 Å². The van der Waals surface area contributed by atoms with Gasteiger partial charge >= 0.3 is 0 Å². The van der Waals surface area contributed by atoms with Gasteiger partial charge in [0.1, 0.15) is 11.6 Å². The highest BCUT2D eigenvalue weighted by atomic mass is 19.1. The van der Waals surface area contributed by atoms with Crippen LogP contribution in [-0.4, -0.2) is 11.8 Å². The Bertz CT molecular complexity index is 635. The number of amides is 2. The minimum atomic E-state index is -0.434. The summed E-state index contributed by atoms with van der Waals surface area (Å²) in [5.41, 5.74) is 5.86. The molecule has 0 spiro atoms. The summed E-state index contributed by atoms with van der Waals surface area (Å²) in [4.78, 5) is 23.3. The smallest absolute Gasteiger partial charge is 0.273 e. The molecule has 0 fully saturated rings. The summed E-state index contributed by atoms with van der Waals surface area (Å²) in [7, 11) is 0. The van der Waals surface area contributed by atoms with E-state index in [0.717, 1.165) is 5.56 Å². The molecule has 5 nitrogen and oxygen atoms in total. The van der Waals surface area contributed by atoms with Crippen molar-refractivity contribution in [3.63, 3.8) is 0 Å².